The van der Waals surface area contributed by atoms with Crippen LogP contribution in [0.2, 0.25) is 0 Å². The summed E-state index contributed by atoms with van der Waals surface area (Å²) in [5, 5.41) is 0. The highest BCUT2D eigenvalue weighted by Gasteiger charge is 2.23. The normalized spacial score (nSPS) is 11.8. The number of carbonyl (C=O) groups is 1. The van der Waals surface area contributed by atoms with E-state index in [9.17, 15) is 4.79 Å². The number of rotatable bonds is 5. The average molecular weight is 226 g/mol. The van der Waals surface area contributed by atoms with Gasteiger partial charge in [-0.05, 0) is 6.07 Å². The van der Waals surface area contributed by atoms with Gasteiger partial charge in [-0.1, -0.05) is 20.8 Å². The Morgan fingerprint density at radius 2 is 2.12 bits per heavy atom. The molecule has 0 spiro atoms. The van der Waals surface area contributed by atoms with Crippen LogP contribution in [0.5, 0.6) is 0 Å². The molecule has 90 valence electrons. The lowest BCUT2D eigenvalue weighted by molar-refractivity contribution is -0.0396. The monoisotopic (exact) mass is 226 g/mol. The SMILES string of the molecule is COCOCc1cc(C=O)oc1C(C)(C)C. The molecule has 0 unspecified atom stereocenters. The van der Waals surface area contributed by atoms with E-state index in [0.29, 0.717) is 18.7 Å². The van der Waals surface area contributed by atoms with Gasteiger partial charge in [0.1, 0.15) is 12.6 Å². The highest BCUT2D eigenvalue weighted by atomic mass is 16.7. The van der Waals surface area contributed by atoms with Gasteiger partial charge in [-0.25, -0.2) is 0 Å². The lowest BCUT2D eigenvalue weighted by Crippen LogP contribution is -2.13. The molecule has 0 aliphatic rings. The first kappa shape index (κ1) is 12.9. The molecule has 1 aromatic rings. The average Bonchev–Trinajstić information content (AvgIpc) is 2.61. The second kappa shape index (κ2) is 5.27. The van der Waals surface area contributed by atoms with E-state index in [4.69, 9.17) is 13.9 Å². The molecule has 0 amide bonds. The van der Waals surface area contributed by atoms with Crippen LogP contribution in [0.15, 0.2) is 10.5 Å². The summed E-state index contributed by atoms with van der Waals surface area (Å²) in [6.07, 6.45) is 0.703. The molecular formula is C12H18O4. The molecule has 0 fully saturated rings. The molecular weight excluding hydrogens is 208 g/mol. The van der Waals surface area contributed by atoms with Gasteiger partial charge >= 0.3 is 0 Å². The van der Waals surface area contributed by atoms with Gasteiger partial charge in [0, 0.05) is 18.1 Å². The molecule has 1 heterocycles. The van der Waals surface area contributed by atoms with E-state index in [0.717, 1.165) is 11.3 Å². The molecule has 16 heavy (non-hydrogen) atoms. The minimum absolute atomic E-state index is 0.146. The molecule has 0 saturated carbocycles. The summed E-state index contributed by atoms with van der Waals surface area (Å²) in [5.74, 6) is 1.12. The zero-order chi connectivity index (χ0) is 12.2. The van der Waals surface area contributed by atoms with Crippen LogP contribution >= 0.6 is 0 Å². The molecule has 1 rings (SSSR count). The summed E-state index contributed by atoms with van der Waals surface area (Å²) < 4.78 is 15.5. The number of hydrogen-bond donors (Lipinski definition) is 0. The molecule has 0 aliphatic carbocycles. The fourth-order valence-electron chi connectivity index (χ4n) is 1.49. The van der Waals surface area contributed by atoms with Crippen LogP contribution < -0.4 is 0 Å². The third-order valence-corrected chi connectivity index (χ3v) is 2.08. The molecule has 4 nitrogen and oxygen atoms in total. The molecule has 0 N–H and O–H groups in total. The summed E-state index contributed by atoms with van der Waals surface area (Å²) in [4.78, 5) is 10.7. The van der Waals surface area contributed by atoms with Crippen molar-refractivity contribution in [3.63, 3.8) is 0 Å². The number of aldehydes is 1. The van der Waals surface area contributed by atoms with E-state index in [1.807, 2.05) is 20.8 Å². The molecule has 0 saturated heterocycles. The Kier molecular flexibility index (Phi) is 4.26. The molecule has 0 atom stereocenters. The molecule has 0 bridgehead atoms. The first-order chi connectivity index (χ1) is 7.49. The van der Waals surface area contributed by atoms with E-state index >= 15 is 0 Å². The van der Waals surface area contributed by atoms with Crippen molar-refractivity contribution in [2.45, 2.75) is 32.8 Å². The lowest BCUT2D eigenvalue weighted by atomic mass is 9.91. The van der Waals surface area contributed by atoms with Crippen molar-refractivity contribution < 1.29 is 18.7 Å². The predicted molar refractivity (Wildman–Crippen MR) is 59.5 cm³/mol. The van der Waals surface area contributed by atoms with Gasteiger partial charge in [-0.15, -0.1) is 0 Å². The van der Waals surface area contributed by atoms with Crippen molar-refractivity contribution in [2.24, 2.45) is 0 Å². The molecule has 0 aliphatic heterocycles. The smallest absolute Gasteiger partial charge is 0.185 e. The summed E-state index contributed by atoms with van der Waals surface area (Å²) in [7, 11) is 1.57. The highest BCUT2D eigenvalue weighted by Crippen LogP contribution is 2.28. The quantitative estimate of drug-likeness (QED) is 0.439. The molecule has 0 radical (unpaired) electrons. The van der Waals surface area contributed by atoms with Gasteiger partial charge in [-0.2, -0.15) is 0 Å². The Morgan fingerprint density at radius 3 is 2.62 bits per heavy atom. The molecule has 0 aromatic carbocycles. The summed E-state index contributed by atoms with van der Waals surface area (Å²) in [5.41, 5.74) is 0.749. The largest absolute Gasteiger partial charge is 0.457 e. The fourth-order valence-corrected chi connectivity index (χ4v) is 1.49. The maximum absolute atomic E-state index is 10.7. The summed E-state index contributed by atoms with van der Waals surface area (Å²) in [6, 6.07) is 1.71. The topological polar surface area (TPSA) is 48.7 Å². The van der Waals surface area contributed by atoms with E-state index in [2.05, 4.69) is 0 Å². The van der Waals surface area contributed by atoms with Crippen molar-refractivity contribution in [2.75, 3.05) is 13.9 Å². The minimum Gasteiger partial charge on any atom is -0.457 e. The van der Waals surface area contributed by atoms with Gasteiger partial charge in [0.2, 0.25) is 0 Å². The lowest BCUT2D eigenvalue weighted by Gasteiger charge is -2.17. The van der Waals surface area contributed by atoms with E-state index in [1.54, 1.807) is 13.2 Å². The van der Waals surface area contributed by atoms with Crippen LogP contribution in [0.1, 0.15) is 42.6 Å². The van der Waals surface area contributed by atoms with Crippen LogP contribution in [-0.2, 0) is 21.5 Å². The zero-order valence-corrected chi connectivity index (χ0v) is 10.2. The number of furan rings is 1. The maximum atomic E-state index is 10.7. The third-order valence-electron chi connectivity index (χ3n) is 2.08. The van der Waals surface area contributed by atoms with Crippen molar-refractivity contribution in [3.8, 4) is 0 Å². The van der Waals surface area contributed by atoms with Crippen molar-refractivity contribution in [1.29, 1.82) is 0 Å². The van der Waals surface area contributed by atoms with E-state index in [1.165, 1.54) is 0 Å². The summed E-state index contributed by atoms with van der Waals surface area (Å²) in [6.45, 7) is 6.70. The standard InChI is InChI=1S/C12H18O4/c1-12(2,3)11-9(7-15-8-14-4)5-10(6-13)16-11/h5-6H,7-8H2,1-4H3. The number of methoxy groups -OCH3 is 1. The van der Waals surface area contributed by atoms with Gasteiger partial charge in [0.25, 0.3) is 0 Å². The molecule has 4 heteroatoms. The minimum atomic E-state index is -0.146. The van der Waals surface area contributed by atoms with Crippen LogP contribution in [0.3, 0.4) is 0 Å². The maximum Gasteiger partial charge on any atom is 0.185 e. The van der Waals surface area contributed by atoms with Gasteiger partial charge < -0.3 is 13.9 Å². The number of carbonyl (C=O) groups excluding carboxylic acids is 1. The van der Waals surface area contributed by atoms with Gasteiger partial charge in [0.05, 0.1) is 6.61 Å². The highest BCUT2D eigenvalue weighted by molar-refractivity contribution is 5.71. The Bertz CT molecular complexity index is 346. The van der Waals surface area contributed by atoms with Crippen LogP contribution in [-0.4, -0.2) is 20.2 Å². The second-order valence-corrected chi connectivity index (χ2v) is 4.63. The first-order valence-electron chi connectivity index (χ1n) is 5.14. The first-order valence-corrected chi connectivity index (χ1v) is 5.14. The van der Waals surface area contributed by atoms with E-state index in [-0.39, 0.29) is 12.2 Å². The summed E-state index contributed by atoms with van der Waals surface area (Å²) >= 11 is 0. The predicted octanol–water partition coefficient (Wildman–Crippen LogP) is 2.51. The Hall–Kier alpha value is -1.13. The van der Waals surface area contributed by atoms with Crippen LogP contribution in [0.25, 0.3) is 0 Å². The zero-order valence-electron chi connectivity index (χ0n) is 10.2. The van der Waals surface area contributed by atoms with Crippen molar-refractivity contribution >= 4 is 6.29 Å². The van der Waals surface area contributed by atoms with Crippen molar-refractivity contribution in [3.05, 3.63) is 23.2 Å². The number of ether oxygens (including phenoxy) is 2. The van der Waals surface area contributed by atoms with Crippen molar-refractivity contribution in [1.82, 2.24) is 0 Å². The van der Waals surface area contributed by atoms with Gasteiger partial charge in [-0.3, -0.25) is 4.79 Å². The second-order valence-electron chi connectivity index (χ2n) is 4.63. The Morgan fingerprint density at radius 1 is 1.44 bits per heavy atom. The molecule has 1 aromatic heterocycles. The number of hydrogen-bond acceptors (Lipinski definition) is 4. The van der Waals surface area contributed by atoms with Crippen LogP contribution in [0.4, 0.5) is 0 Å². The van der Waals surface area contributed by atoms with E-state index < -0.39 is 0 Å². The fraction of sp³-hybridized carbons (Fsp3) is 0.583. The Balaban J connectivity index is 2.88. The third kappa shape index (κ3) is 3.18. The van der Waals surface area contributed by atoms with Gasteiger partial charge in [0.15, 0.2) is 12.0 Å². The van der Waals surface area contributed by atoms with Crippen LogP contribution in [0, 0.1) is 0 Å². The Labute approximate surface area is 95.5 Å².